The summed E-state index contributed by atoms with van der Waals surface area (Å²) in [4.78, 5) is 24.8. The van der Waals surface area contributed by atoms with Crippen LogP contribution in [0.15, 0.2) is 24.3 Å². The molecule has 1 fully saturated rings. The fraction of sp³-hybridized carbons (Fsp3) is 0.429. The maximum Gasteiger partial charge on any atom is 0.335 e. The second kappa shape index (κ2) is 6.45. The molecule has 22 heavy (non-hydrogen) atoms. The molecule has 1 aromatic rings. The van der Waals surface area contributed by atoms with Gasteiger partial charge in [-0.05, 0) is 30.7 Å². The summed E-state index contributed by atoms with van der Waals surface area (Å²) >= 11 is 0. The number of nitrogens with zero attached hydrogens (tertiary/aromatic N) is 2. The van der Waals surface area contributed by atoms with Gasteiger partial charge in [-0.25, -0.2) is 17.5 Å². The van der Waals surface area contributed by atoms with Crippen LogP contribution in [0.4, 0.5) is 0 Å². The second-order valence-corrected chi connectivity index (χ2v) is 7.17. The highest BCUT2D eigenvalue weighted by Gasteiger charge is 2.24. The Morgan fingerprint density at radius 3 is 2.14 bits per heavy atom. The van der Waals surface area contributed by atoms with Gasteiger partial charge in [-0.2, -0.15) is 0 Å². The van der Waals surface area contributed by atoms with Gasteiger partial charge in [0.2, 0.25) is 10.0 Å². The Kier molecular flexibility index (Phi) is 4.82. The van der Waals surface area contributed by atoms with Crippen LogP contribution in [-0.2, 0) is 10.0 Å². The van der Waals surface area contributed by atoms with Crippen molar-refractivity contribution in [3.05, 3.63) is 35.4 Å². The molecule has 8 heteroatoms. The Hall–Kier alpha value is -1.93. The van der Waals surface area contributed by atoms with E-state index in [-0.39, 0.29) is 18.0 Å². The minimum atomic E-state index is -3.25. The van der Waals surface area contributed by atoms with Crippen molar-refractivity contribution in [3.8, 4) is 0 Å². The predicted octanol–water partition coefficient (Wildman–Crippen LogP) is 0.492. The predicted molar refractivity (Wildman–Crippen MR) is 80.3 cm³/mol. The number of hydrogen-bond acceptors (Lipinski definition) is 4. The number of carboxylic acids is 1. The molecule has 0 bridgehead atoms. The lowest BCUT2D eigenvalue weighted by molar-refractivity contribution is 0.0694. The average molecular weight is 326 g/mol. The summed E-state index contributed by atoms with van der Waals surface area (Å²) in [7, 11) is -3.25. The molecule has 1 heterocycles. The first-order chi connectivity index (χ1) is 10.3. The molecule has 0 aromatic heterocycles. The van der Waals surface area contributed by atoms with Crippen molar-refractivity contribution in [2.24, 2.45) is 0 Å². The van der Waals surface area contributed by atoms with Gasteiger partial charge in [0.1, 0.15) is 0 Å². The van der Waals surface area contributed by atoms with E-state index in [0.717, 1.165) is 6.26 Å². The minimum absolute atomic E-state index is 0.121. The largest absolute Gasteiger partial charge is 0.478 e. The zero-order valence-electron chi connectivity index (χ0n) is 12.2. The quantitative estimate of drug-likeness (QED) is 0.872. The molecule has 0 aliphatic carbocycles. The third-order valence-corrected chi connectivity index (χ3v) is 4.89. The molecule has 0 spiro atoms. The Morgan fingerprint density at radius 2 is 1.59 bits per heavy atom. The van der Waals surface area contributed by atoms with Gasteiger partial charge in [0, 0.05) is 31.7 Å². The standard InChI is InChI=1S/C14H18N2O5S/c1-22(20,21)16-8-2-7-15(9-10-16)13(17)11-3-5-12(6-4-11)14(18)19/h3-6H,2,7-10H2,1H3,(H,18,19). The van der Waals surface area contributed by atoms with E-state index in [4.69, 9.17) is 5.11 Å². The maximum absolute atomic E-state index is 12.4. The highest BCUT2D eigenvalue weighted by molar-refractivity contribution is 7.88. The second-order valence-electron chi connectivity index (χ2n) is 5.19. The monoisotopic (exact) mass is 326 g/mol. The summed E-state index contributed by atoms with van der Waals surface area (Å²) in [6.45, 7) is 1.48. The van der Waals surface area contributed by atoms with Crippen molar-refractivity contribution in [3.63, 3.8) is 0 Å². The Morgan fingerprint density at radius 1 is 1.00 bits per heavy atom. The van der Waals surface area contributed by atoms with Gasteiger partial charge in [0.25, 0.3) is 5.91 Å². The van der Waals surface area contributed by atoms with Gasteiger partial charge in [-0.15, -0.1) is 0 Å². The summed E-state index contributed by atoms with van der Waals surface area (Å²) in [6, 6.07) is 5.72. The minimum Gasteiger partial charge on any atom is -0.478 e. The number of carbonyl (C=O) groups excluding carboxylic acids is 1. The van der Waals surface area contributed by atoms with E-state index >= 15 is 0 Å². The van der Waals surface area contributed by atoms with Crippen molar-refractivity contribution in [1.82, 2.24) is 9.21 Å². The van der Waals surface area contributed by atoms with Crippen LogP contribution in [0.3, 0.4) is 0 Å². The lowest BCUT2D eigenvalue weighted by atomic mass is 10.1. The number of amides is 1. The van der Waals surface area contributed by atoms with Gasteiger partial charge in [0.05, 0.1) is 11.8 Å². The molecule has 0 saturated carbocycles. The average Bonchev–Trinajstić information content (AvgIpc) is 2.72. The highest BCUT2D eigenvalue weighted by Crippen LogP contribution is 2.12. The molecule has 1 saturated heterocycles. The topological polar surface area (TPSA) is 95.0 Å². The molecule has 0 atom stereocenters. The highest BCUT2D eigenvalue weighted by atomic mass is 32.2. The number of sulfonamides is 1. The van der Waals surface area contributed by atoms with Crippen LogP contribution in [0, 0.1) is 0 Å². The molecule has 1 amide bonds. The zero-order chi connectivity index (χ0) is 16.3. The molecule has 0 radical (unpaired) electrons. The third kappa shape index (κ3) is 3.83. The first-order valence-electron chi connectivity index (χ1n) is 6.87. The number of aromatic carboxylic acids is 1. The molecular weight excluding hydrogens is 308 g/mol. The first kappa shape index (κ1) is 16.4. The van der Waals surface area contributed by atoms with E-state index < -0.39 is 16.0 Å². The molecular formula is C14H18N2O5S. The number of carbonyl (C=O) groups is 2. The van der Waals surface area contributed by atoms with Crippen molar-refractivity contribution < 1.29 is 23.1 Å². The van der Waals surface area contributed by atoms with Crippen LogP contribution < -0.4 is 0 Å². The number of rotatable bonds is 3. The summed E-state index contributed by atoms with van der Waals surface area (Å²) < 4.78 is 24.5. The van der Waals surface area contributed by atoms with E-state index in [1.54, 1.807) is 4.90 Å². The zero-order valence-corrected chi connectivity index (χ0v) is 13.0. The summed E-state index contributed by atoms with van der Waals surface area (Å²) in [5, 5.41) is 8.85. The molecule has 1 aliphatic heterocycles. The van der Waals surface area contributed by atoms with Crippen molar-refractivity contribution >= 4 is 21.9 Å². The fourth-order valence-corrected chi connectivity index (χ4v) is 3.24. The van der Waals surface area contributed by atoms with E-state index in [1.807, 2.05) is 0 Å². The Bertz CT molecular complexity index is 669. The van der Waals surface area contributed by atoms with E-state index in [1.165, 1.54) is 28.6 Å². The molecule has 0 unspecified atom stereocenters. The molecule has 1 N–H and O–H groups in total. The maximum atomic E-state index is 12.4. The normalized spacial score (nSPS) is 17.0. The molecule has 120 valence electrons. The molecule has 7 nitrogen and oxygen atoms in total. The van der Waals surface area contributed by atoms with Gasteiger partial charge in [0.15, 0.2) is 0 Å². The SMILES string of the molecule is CS(=O)(=O)N1CCCN(C(=O)c2ccc(C(=O)O)cc2)CC1. The number of carboxylic acid groups (broad SMARTS) is 1. The van der Waals surface area contributed by atoms with E-state index in [0.29, 0.717) is 31.6 Å². The van der Waals surface area contributed by atoms with Gasteiger partial charge in [-0.1, -0.05) is 0 Å². The molecule has 1 aliphatic rings. The Balaban J connectivity index is 2.08. The van der Waals surface area contributed by atoms with Crippen LogP contribution in [0.1, 0.15) is 27.1 Å². The van der Waals surface area contributed by atoms with Gasteiger partial charge < -0.3 is 10.0 Å². The van der Waals surface area contributed by atoms with Crippen LogP contribution in [0.5, 0.6) is 0 Å². The Labute approximate surface area is 129 Å². The lowest BCUT2D eigenvalue weighted by Gasteiger charge is -2.21. The fourth-order valence-electron chi connectivity index (χ4n) is 2.37. The summed E-state index contributed by atoms with van der Waals surface area (Å²) in [5.74, 6) is -1.26. The van der Waals surface area contributed by atoms with Crippen molar-refractivity contribution in [2.45, 2.75) is 6.42 Å². The number of benzene rings is 1. The van der Waals surface area contributed by atoms with Crippen LogP contribution in [0.2, 0.25) is 0 Å². The van der Waals surface area contributed by atoms with E-state index in [9.17, 15) is 18.0 Å². The number of hydrogen-bond donors (Lipinski definition) is 1. The smallest absolute Gasteiger partial charge is 0.335 e. The van der Waals surface area contributed by atoms with Gasteiger partial charge >= 0.3 is 5.97 Å². The van der Waals surface area contributed by atoms with Crippen molar-refractivity contribution in [2.75, 3.05) is 32.4 Å². The molecule has 2 rings (SSSR count). The van der Waals surface area contributed by atoms with Crippen LogP contribution >= 0.6 is 0 Å². The summed E-state index contributed by atoms with van der Waals surface area (Å²) in [5.41, 5.74) is 0.522. The third-order valence-electron chi connectivity index (χ3n) is 3.59. The van der Waals surface area contributed by atoms with Gasteiger partial charge in [-0.3, -0.25) is 4.79 Å². The van der Waals surface area contributed by atoms with Crippen LogP contribution in [0.25, 0.3) is 0 Å². The van der Waals surface area contributed by atoms with Crippen molar-refractivity contribution in [1.29, 1.82) is 0 Å². The molecule has 1 aromatic carbocycles. The van der Waals surface area contributed by atoms with Crippen LogP contribution in [-0.4, -0.2) is 67.0 Å². The van der Waals surface area contributed by atoms with E-state index in [2.05, 4.69) is 0 Å². The lowest BCUT2D eigenvalue weighted by Crippen LogP contribution is -2.36. The first-order valence-corrected chi connectivity index (χ1v) is 8.71. The summed E-state index contributed by atoms with van der Waals surface area (Å²) in [6.07, 6.45) is 1.74.